The predicted octanol–water partition coefficient (Wildman–Crippen LogP) is 3.30. The molecule has 0 aromatic carbocycles. The minimum Gasteiger partial charge on any atom is -0.330 e. The number of nitrogens with two attached hydrogens (primary N) is 3. The summed E-state index contributed by atoms with van der Waals surface area (Å²) in [6.07, 6.45) is 17.1. The molecule has 1 rings (SSSR count). The third kappa shape index (κ3) is 15.8. The zero-order valence-corrected chi connectivity index (χ0v) is 12.9. The molecule has 0 spiro atoms. The second-order valence-electron chi connectivity index (χ2n) is 5.80. The van der Waals surface area contributed by atoms with Gasteiger partial charge in [0.2, 0.25) is 0 Å². The summed E-state index contributed by atoms with van der Waals surface area (Å²) in [6.45, 7) is 1.69. The monoisotopic (exact) mass is 271 g/mol. The summed E-state index contributed by atoms with van der Waals surface area (Å²) in [5.41, 5.74) is 16.5. The van der Waals surface area contributed by atoms with Crippen LogP contribution in [0.2, 0.25) is 0 Å². The van der Waals surface area contributed by atoms with Gasteiger partial charge in [-0.1, -0.05) is 57.8 Å². The maximum absolute atomic E-state index is 5.80. The van der Waals surface area contributed by atoms with Crippen molar-refractivity contribution in [3.8, 4) is 0 Å². The van der Waals surface area contributed by atoms with E-state index in [-0.39, 0.29) is 0 Å². The van der Waals surface area contributed by atoms with Crippen molar-refractivity contribution in [2.75, 3.05) is 13.1 Å². The molecule has 1 aliphatic carbocycles. The normalized spacial score (nSPS) is 17.2. The predicted molar refractivity (Wildman–Crippen MR) is 86.1 cm³/mol. The number of hydrogen-bond donors (Lipinski definition) is 3. The average molecular weight is 271 g/mol. The van der Waals surface area contributed by atoms with Gasteiger partial charge in [0.15, 0.2) is 0 Å². The van der Waals surface area contributed by atoms with Gasteiger partial charge >= 0.3 is 0 Å². The van der Waals surface area contributed by atoms with E-state index in [9.17, 15) is 0 Å². The molecule has 0 bridgehead atoms. The zero-order valence-electron chi connectivity index (χ0n) is 12.9. The van der Waals surface area contributed by atoms with Crippen molar-refractivity contribution >= 4 is 0 Å². The third-order valence-electron chi connectivity index (χ3n) is 3.81. The van der Waals surface area contributed by atoms with E-state index < -0.39 is 0 Å². The molecule has 0 aromatic rings. The van der Waals surface area contributed by atoms with Crippen molar-refractivity contribution in [1.82, 2.24) is 0 Å². The van der Waals surface area contributed by atoms with E-state index >= 15 is 0 Å². The summed E-state index contributed by atoms with van der Waals surface area (Å²) in [6, 6.07) is 0.519. The zero-order chi connectivity index (χ0) is 14.2. The first-order valence-corrected chi connectivity index (χ1v) is 8.47. The van der Waals surface area contributed by atoms with Gasteiger partial charge in [0, 0.05) is 6.04 Å². The number of hydrogen-bond acceptors (Lipinski definition) is 3. The standard InChI is InChI=1S/C8H20N2.C8H17N/c9-7-5-3-1-2-4-6-8-10;9-8-6-4-2-1-3-5-7-8/h1-10H2;8H,1-7,9H2. The summed E-state index contributed by atoms with van der Waals surface area (Å²) in [7, 11) is 0. The maximum atomic E-state index is 5.80. The average Bonchev–Trinajstić information content (AvgIpc) is 2.39. The molecular formula is C16H37N3. The van der Waals surface area contributed by atoms with Crippen LogP contribution in [0, 0.1) is 0 Å². The van der Waals surface area contributed by atoms with Gasteiger partial charge in [-0.05, 0) is 38.8 Å². The van der Waals surface area contributed by atoms with Gasteiger partial charge in [0.05, 0.1) is 0 Å². The fraction of sp³-hybridized carbons (Fsp3) is 1.00. The van der Waals surface area contributed by atoms with Crippen LogP contribution in [0.3, 0.4) is 0 Å². The lowest BCUT2D eigenvalue weighted by Gasteiger charge is -2.13. The van der Waals surface area contributed by atoms with Crippen LogP contribution >= 0.6 is 0 Å². The lowest BCUT2D eigenvalue weighted by Crippen LogP contribution is -2.20. The van der Waals surface area contributed by atoms with Crippen molar-refractivity contribution in [2.24, 2.45) is 17.2 Å². The Morgan fingerprint density at radius 3 is 1.37 bits per heavy atom. The van der Waals surface area contributed by atoms with E-state index in [1.54, 1.807) is 0 Å². The van der Waals surface area contributed by atoms with E-state index in [2.05, 4.69) is 0 Å². The van der Waals surface area contributed by atoms with Gasteiger partial charge in [-0.2, -0.15) is 0 Å². The third-order valence-corrected chi connectivity index (χ3v) is 3.81. The molecule has 1 fully saturated rings. The van der Waals surface area contributed by atoms with Crippen LogP contribution in [0.5, 0.6) is 0 Å². The minimum absolute atomic E-state index is 0.519. The Bertz CT molecular complexity index is 146. The van der Waals surface area contributed by atoms with Gasteiger partial charge in [0.25, 0.3) is 0 Å². The molecule has 0 unspecified atom stereocenters. The summed E-state index contributed by atoms with van der Waals surface area (Å²) < 4.78 is 0. The molecule has 3 heteroatoms. The van der Waals surface area contributed by atoms with Crippen molar-refractivity contribution in [3.05, 3.63) is 0 Å². The molecule has 3 nitrogen and oxygen atoms in total. The topological polar surface area (TPSA) is 78.1 Å². The van der Waals surface area contributed by atoms with Crippen molar-refractivity contribution in [2.45, 2.75) is 89.5 Å². The van der Waals surface area contributed by atoms with Crippen LogP contribution < -0.4 is 17.2 Å². The first kappa shape index (κ1) is 18.9. The van der Waals surface area contributed by atoms with Crippen LogP contribution in [0.25, 0.3) is 0 Å². The Hall–Kier alpha value is -0.120. The van der Waals surface area contributed by atoms with Gasteiger partial charge in [-0.15, -0.1) is 0 Å². The highest BCUT2D eigenvalue weighted by Crippen LogP contribution is 2.15. The Morgan fingerprint density at radius 1 is 0.579 bits per heavy atom. The minimum atomic E-state index is 0.519. The molecule has 6 N–H and O–H groups in total. The second kappa shape index (κ2) is 15.9. The molecule has 0 heterocycles. The fourth-order valence-corrected chi connectivity index (χ4v) is 2.48. The summed E-state index contributed by atoms with van der Waals surface area (Å²) in [5.74, 6) is 0. The highest BCUT2D eigenvalue weighted by atomic mass is 14.6. The Balaban J connectivity index is 0.000000342. The first-order valence-electron chi connectivity index (χ1n) is 8.47. The SMILES string of the molecule is NC1CCCCCCC1.NCCCCCCCCN. The molecule has 1 aliphatic rings. The largest absolute Gasteiger partial charge is 0.330 e. The molecule has 0 atom stereocenters. The molecule has 0 radical (unpaired) electrons. The highest BCUT2D eigenvalue weighted by Gasteiger charge is 2.04. The molecule has 1 saturated carbocycles. The molecule has 0 aromatic heterocycles. The smallest absolute Gasteiger partial charge is 0.00388 e. The summed E-state index contributed by atoms with van der Waals surface area (Å²) >= 11 is 0. The van der Waals surface area contributed by atoms with Gasteiger partial charge in [0.1, 0.15) is 0 Å². The molecule has 0 amide bonds. The van der Waals surface area contributed by atoms with Crippen LogP contribution in [-0.2, 0) is 0 Å². The quantitative estimate of drug-likeness (QED) is 0.622. The first-order chi connectivity index (χ1) is 9.31. The second-order valence-corrected chi connectivity index (χ2v) is 5.80. The molecule has 0 saturated heterocycles. The van der Waals surface area contributed by atoms with E-state index in [0.29, 0.717) is 6.04 Å². The molecule has 0 aliphatic heterocycles. The van der Waals surface area contributed by atoms with Crippen LogP contribution in [-0.4, -0.2) is 19.1 Å². The summed E-state index contributed by atoms with van der Waals surface area (Å²) in [5, 5.41) is 0. The Kier molecular flexibility index (Phi) is 15.8. The van der Waals surface area contributed by atoms with E-state index in [1.807, 2.05) is 0 Å². The highest BCUT2D eigenvalue weighted by molar-refractivity contribution is 4.64. The van der Waals surface area contributed by atoms with E-state index in [4.69, 9.17) is 17.2 Å². The molecular weight excluding hydrogens is 234 g/mol. The van der Waals surface area contributed by atoms with Crippen molar-refractivity contribution in [3.63, 3.8) is 0 Å². The number of rotatable bonds is 7. The Morgan fingerprint density at radius 2 is 0.947 bits per heavy atom. The van der Waals surface area contributed by atoms with Crippen LogP contribution in [0.4, 0.5) is 0 Å². The van der Waals surface area contributed by atoms with Crippen molar-refractivity contribution in [1.29, 1.82) is 0 Å². The van der Waals surface area contributed by atoms with Gasteiger partial charge < -0.3 is 17.2 Å². The van der Waals surface area contributed by atoms with E-state index in [1.165, 1.54) is 83.5 Å². The number of unbranched alkanes of at least 4 members (excludes halogenated alkanes) is 5. The molecule has 116 valence electrons. The summed E-state index contributed by atoms with van der Waals surface area (Å²) in [4.78, 5) is 0. The van der Waals surface area contributed by atoms with Gasteiger partial charge in [-0.3, -0.25) is 0 Å². The Labute approximate surface area is 120 Å². The van der Waals surface area contributed by atoms with Crippen LogP contribution in [0.1, 0.15) is 83.5 Å². The maximum Gasteiger partial charge on any atom is 0.00388 e. The lowest BCUT2D eigenvalue weighted by atomic mass is 9.98. The fourth-order valence-electron chi connectivity index (χ4n) is 2.48. The van der Waals surface area contributed by atoms with Crippen LogP contribution in [0.15, 0.2) is 0 Å². The van der Waals surface area contributed by atoms with E-state index in [0.717, 1.165) is 13.1 Å². The van der Waals surface area contributed by atoms with Gasteiger partial charge in [-0.25, -0.2) is 0 Å². The lowest BCUT2D eigenvalue weighted by molar-refractivity contribution is 0.453. The van der Waals surface area contributed by atoms with Crippen molar-refractivity contribution < 1.29 is 0 Å². The molecule has 19 heavy (non-hydrogen) atoms.